The molecule has 1 aromatic carbocycles. The van der Waals surface area contributed by atoms with Gasteiger partial charge in [-0.3, -0.25) is 0 Å². The molecule has 4 heteroatoms. The Labute approximate surface area is 103 Å². The largest absolute Gasteiger partial charge is 0.507 e. The highest BCUT2D eigenvalue weighted by Crippen LogP contribution is 2.45. The molecule has 0 bridgehead atoms. The van der Waals surface area contributed by atoms with Gasteiger partial charge in [0.25, 0.3) is 0 Å². The fourth-order valence-electron chi connectivity index (χ4n) is 1.12. The molecule has 0 radical (unpaired) electrons. The standard InChI is InChI=1S/C9H9Br3O/c1-5-3-7(9(10,11)12)4-6(2)8(5)13/h3-4,13H,1-2H3. The highest BCUT2D eigenvalue weighted by atomic mass is 80.0. The Morgan fingerprint density at radius 3 is 1.77 bits per heavy atom. The Kier molecular flexibility index (Phi) is 3.47. The first kappa shape index (κ1) is 11.5. The first-order chi connectivity index (χ1) is 5.82. The number of phenolic OH excluding ortho intramolecular Hbond substituents is 1. The molecule has 0 aliphatic rings. The van der Waals surface area contributed by atoms with E-state index in [4.69, 9.17) is 0 Å². The number of benzene rings is 1. The van der Waals surface area contributed by atoms with Crippen LogP contribution in [0, 0.1) is 13.8 Å². The fraction of sp³-hybridized carbons (Fsp3) is 0.333. The minimum absolute atomic E-state index is 0.362. The van der Waals surface area contributed by atoms with Crippen LogP contribution in [0.25, 0.3) is 0 Å². The van der Waals surface area contributed by atoms with Crippen molar-refractivity contribution in [2.75, 3.05) is 0 Å². The Balaban J connectivity index is 3.29. The van der Waals surface area contributed by atoms with E-state index in [1.54, 1.807) is 0 Å². The molecular formula is C9H9Br3O. The van der Waals surface area contributed by atoms with Crippen molar-refractivity contribution in [2.45, 2.75) is 16.0 Å². The number of halogens is 3. The lowest BCUT2D eigenvalue weighted by Crippen LogP contribution is -1.99. The molecule has 0 saturated carbocycles. The van der Waals surface area contributed by atoms with Gasteiger partial charge in [0.15, 0.2) is 2.14 Å². The van der Waals surface area contributed by atoms with Crippen LogP contribution in [0.5, 0.6) is 5.75 Å². The van der Waals surface area contributed by atoms with Crippen molar-refractivity contribution in [2.24, 2.45) is 0 Å². The molecular weight excluding hydrogens is 364 g/mol. The van der Waals surface area contributed by atoms with Gasteiger partial charge in [-0.2, -0.15) is 0 Å². The molecule has 0 fully saturated rings. The summed E-state index contributed by atoms with van der Waals surface area (Å²) in [5.41, 5.74) is 2.77. The Morgan fingerprint density at radius 1 is 1.08 bits per heavy atom. The molecule has 0 atom stereocenters. The van der Waals surface area contributed by atoms with Gasteiger partial charge in [0.2, 0.25) is 0 Å². The lowest BCUT2D eigenvalue weighted by atomic mass is 10.1. The zero-order valence-electron chi connectivity index (χ0n) is 7.24. The second kappa shape index (κ2) is 3.91. The maximum absolute atomic E-state index is 9.55. The van der Waals surface area contributed by atoms with Crippen molar-refractivity contribution in [1.82, 2.24) is 0 Å². The molecule has 0 amide bonds. The van der Waals surface area contributed by atoms with Crippen molar-refractivity contribution < 1.29 is 5.11 Å². The van der Waals surface area contributed by atoms with E-state index in [0.29, 0.717) is 5.75 Å². The third-order valence-corrected chi connectivity index (χ3v) is 3.19. The SMILES string of the molecule is Cc1cc(C(Br)(Br)Br)cc(C)c1O. The molecule has 0 aliphatic heterocycles. The van der Waals surface area contributed by atoms with Crippen LogP contribution in [-0.2, 0) is 2.14 Å². The van der Waals surface area contributed by atoms with Crippen LogP contribution in [-0.4, -0.2) is 5.11 Å². The highest BCUT2D eigenvalue weighted by molar-refractivity contribution is 9.38. The normalized spacial score (nSPS) is 11.8. The third kappa shape index (κ3) is 2.70. The van der Waals surface area contributed by atoms with Gasteiger partial charge in [0.1, 0.15) is 5.75 Å². The van der Waals surface area contributed by atoms with E-state index in [1.165, 1.54) is 0 Å². The minimum atomic E-state index is -0.407. The van der Waals surface area contributed by atoms with Crippen LogP contribution in [0.4, 0.5) is 0 Å². The van der Waals surface area contributed by atoms with Crippen molar-refractivity contribution in [3.05, 3.63) is 28.8 Å². The van der Waals surface area contributed by atoms with Crippen molar-refractivity contribution in [3.63, 3.8) is 0 Å². The van der Waals surface area contributed by atoms with E-state index in [1.807, 2.05) is 26.0 Å². The van der Waals surface area contributed by atoms with E-state index in [0.717, 1.165) is 16.7 Å². The molecule has 0 aromatic heterocycles. The van der Waals surface area contributed by atoms with E-state index in [9.17, 15) is 5.11 Å². The van der Waals surface area contributed by atoms with E-state index < -0.39 is 2.14 Å². The van der Waals surface area contributed by atoms with Crippen LogP contribution in [0.2, 0.25) is 0 Å². The molecule has 0 heterocycles. The lowest BCUT2D eigenvalue weighted by Gasteiger charge is -2.15. The van der Waals surface area contributed by atoms with Gasteiger partial charge in [0, 0.05) is 0 Å². The zero-order valence-corrected chi connectivity index (χ0v) is 12.0. The van der Waals surface area contributed by atoms with E-state index in [-0.39, 0.29) is 0 Å². The highest BCUT2D eigenvalue weighted by Gasteiger charge is 2.22. The molecule has 1 N–H and O–H groups in total. The average Bonchev–Trinajstić information content (AvgIpc) is 1.97. The van der Waals surface area contributed by atoms with Crippen molar-refractivity contribution in [3.8, 4) is 5.75 Å². The minimum Gasteiger partial charge on any atom is -0.507 e. The first-order valence-electron chi connectivity index (χ1n) is 3.70. The number of alkyl halides is 3. The number of aromatic hydroxyl groups is 1. The summed E-state index contributed by atoms with van der Waals surface area (Å²) in [6, 6.07) is 3.83. The topological polar surface area (TPSA) is 20.2 Å². The number of aryl methyl sites for hydroxylation is 2. The Bertz CT molecular complexity index is 305. The second-order valence-corrected chi connectivity index (χ2v) is 9.72. The molecule has 1 nitrogen and oxygen atoms in total. The Morgan fingerprint density at radius 2 is 1.46 bits per heavy atom. The van der Waals surface area contributed by atoms with Crippen LogP contribution in [0.3, 0.4) is 0 Å². The summed E-state index contributed by atoms with van der Waals surface area (Å²) in [6.45, 7) is 3.76. The summed E-state index contributed by atoms with van der Waals surface area (Å²) in [7, 11) is 0. The third-order valence-electron chi connectivity index (χ3n) is 1.82. The summed E-state index contributed by atoms with van der Waals surface area (Å²) in [4.78, 5) is 0. The van der Waals surface area contributed by atoms with Gasteiger partial charge in [-0.15, -0.1) is 0 Å². The number of hydrogen-bond donors (Lipinski definition) is 1. The monoisotopic (exact) mass is 370 g/mol. The lowest BCUT2D eigenvalue weighted by molar-refractivity contribution is 0.466. The summed E-state index contributed by atoms with van der Waals surface area (Å²) < 4.78 is -0.407. The van der Waals surface area contributed by atoms with Crippen molar-refractivity contribution in [1.29, 1.82) is 0 Å². The molecule has 1 aromatic rings. The van der Waals surface area contributed by atoms with Gasteiger partial charge < -0.3 is 5.11 Å². The fourth-order valence-corrected chi connectivity index (χ4v) is 1.81. The average molecular weight is 373 g/mol. The van der Waals surface area contributed by atoms with E-state index >= 15 is 0 Å². The summed E-state index contributed by atoms with van der Waals surface area (Å²) in [5.74, 6) is 0.362. The predicted octanol–water partition coefficient (Wildman–Crippen LogP) is 4.30. The first-order valence-corrected chi connectivity index (χ1v) is 6.07. The molecule has 0 saturated heterocycles. The van der Waals surface area contributed by atoms with Gasteiger partial charge in [-0.05, 0) is 42.7 Å². The molecule has 72 valence electrons. The van der Waals surface area contributed by atoms with Gasteiger partial charge >= 0.3 is 0 Å². The quantitative estimate of drug-likeness (QED) is 0.673. The summed E-state index contributed by atoms with van der Waals surface area (Å²) >= 11 is 10.3. The van der Waals surface area contributed by atoms with Gasteiger partial charge in [0.05, 0.1) is 0 Å². The molecule has 13 heavy (non-hydrogen) atoms. The van der Waals surface area contributed by atoms with Crippen LogP contribution in [0.15, 0.2) is 12.1 Å². The second-order valence-electron chi connectivity index (χ2n) is 2.96. The number of hydrogen-bond acceptors (Lipinski definition) is 1. The van der Waals surface area contributed by atoms with Gasteiger partial charge in [-0.1, -0.05) is 47.8 Å². The molecule has 1 rings (SSSR count). The molecule has 0 unspecified atom stereocenters. The number of phenols is 1. The van der Waals surface area contributed by atoms with Crippen molar-refractivity contribution >= 4 is 47.8 Å². The smallest absolute Gasteiger partial charge is 0.159 e. The van der Waals surface area contributed by atoms with Gasteiger partial charge in [-0.25, -0.2) is 0 Å². The molecule has 0 aliphatic carbocycles. The van der Waals surface area contributed by atoms with Crippen LogP contribution >= 0.6 is 47.8 Å². The maximum atomic E-state index is 9.55. The molecule has 0 spiro atoms. The predicted molar refractivity (Wildman–Crippen MR) is 66.0 cm³/mol. The van der Waals surface area contributed by atoms with Crippen LogP contribution < -0.4 is 0 Å². The zero-order chi connectivity index (χ0) is 10.2. The van der Waals surface area contributed by atoms with E-state index in [2.05, 4.69) is 47.8 Å². The Hall–Kier alpha value is 0.460. The summed E-state index contributed by atoms with van der Waals surface area (Å²) in [6.07, 6.45) is 0. The number of rotatable bonds is 0. The summed E-state index contributed by atoms with van der Waals surface area (Å²) in [5, 5.41) is 9.55. The van der Waals surface area contributed by atoms with Crippen LogP contribution in [0.1, 0.15) is 16.7 Å². The maximum Gasteiger partial charge on any atom is 0.159 e.